The Labute approximate surface area is 115 Å². The SMILES string of the molecule is CCCNc1nc(OC)nc(-c2ccc(F)c(F)c2)n1. The lowest BCUT2D eigenvalue weighted by molar-refractivity contribution is 0.379. The van der Waals surface area contributed by atoms with Crippen LogP contribution in [0.1, 0.15) is 13.3 Å². The average molecular weight is 280 g/mol. The summed E-state index contributed by atoms with van der Waals surface area (Å²) in [5.41, 5.74) is 0.351. The molecular formula is C13H14F2N4O. The average Bonchev–Trinajstić information content (AvgIpc) is 2.47. The van der Waals surface area contributed by atoms with Gasteiger partial charge in [0.2, 0.25) is 5.95 Å². The monoisotopic (exact) mass is 280 g/mol. The quantitative estimate of drug-likeness (QED) is 0.912. The van der Waals surface area contributed by atoms with Gasteiger partial charge in [0, 0.05) is 12.1 Å². The van der Waals surface area contributed by atoms with Crippen molar-refractivity contribution in [3.63, 3.8) is 0 Å². The highest BCUT2D eigenvalue weighted by atomic mass is 19.2. The Kier molecular flexibility index (Phi) is 4.39. The summed E-state index contributed by atoms with van der Waals surface area (Å²) in [6, 6.07) is 3.57. The Bertz CT molecular complexity index is 607. The molecule has 0 aliphatic rings. The molecule has 0 aliphatic carbocycles. The highest BCUT2D eigenvalue weighted by Crippen LogP contribution is 2.20. The van der Waals surface area contributed by atoms with E-state index in [2.05, 4.69) is 20.3 Å². The van der Waals surface area contributed by atoms with E-state index in [0.29, 0.717) is 18.1 Å². The summed E-state index contributed by atoms with van der Waals surface area (Å²) in [7, 11) is 1.42. The molecule has 0 saturated carbocycles. The number of nitrogens with zero attached hydrogens (tertiary/aromatic N) is 3. The van der Waals surface area contributed by atoms with Crippen LogP contribution in [0.3, 0.4) is 0 Å². The molecule has 0 saturated heterocycles. The van der Waals surface area contributed by atoms with E-state index in [-0.39, 0.29) is 11.8 Å². The normalized spacial score (nSPS) is 10.4. The van der Waals surface area contributed by atoms with Crippen LogP contribution in [0.15, 0.2) is 18.2 Å². The molecule has 0 spiro atoms. The van der Waals surface area contributed by atoms with Crippen molar-refractivity contribution < 1.29 is 13.5 Å². The molecule has 1 aromatic carbocycles. The van der Waals surface area contributed by atoms with E-state index in [1.54, 1.807) is 0 Å². The van der Waals surface area contributed by atoms with Crippen molar-refractivity contribution in [1.82, 2.24) is 15.0 Å². The molecule has 0 aliphatic heterocycles. The van der Waals surface area contributed by atoms with Crippen LogP contribution in [0.5, 0.6) is 6.01 Å². The molecule has 2 rings (SSSR count). The van der Waals surface area contributed by atoms with Crippen molar-refractivity contribution in [2.45, 2.75) is 13.3 Å². The molecule has 1 N–H and O–H groups in total. The second kappa shape index (κ2) is 6.23. The van der Waals surface area contributed by atoms with E-state index in [1.165, 1.54) is 13.2 Å². The Morgan fingerprint density at radius 2 is 1.95 bits per heavy atom. The first kappa shape index (κ1) is 14.1. The summed E-state index contributed by atoms with van der Waals surface area (Å²) in [6.45, 7) is 2.69. The standard InChI is InChI=1S/C13H14F2N4O/c1-3-6-16-12-17-11(18-13(19-12)20-2)8-4-5-9(14)10(15)7-8/h4-5,7H,3,6H2,1-2H3,(H,16,17,18,19). The first-order chi connectivity index (χ1) is 9.63. The third kappa shape index (κ3) is 3.17. The minimum atomic E-state index is -0.954. The summed E-state index contributed by atoms with van der Waals surface area (Å²) in [5.74, 6) is -1.32. The van der Waals surface area contributed by atoms with Crippen LogP contribution in [0.4, 0.5) is 14.7 Å². The maximum atomic E-state index is 13.3. The van der Waals surface area contributed by atoms with E-state index >= 15 is 0 Å². The van der Waals surface area contributed by atoms with Crippen LogP contribution in [0, 0.1) is 11.6 Å². The van der Waals surface area contributed by atoms with Crippen LogP contribution in [0.2, 0.25) is 0 Å². The van der Waals surface area contributed by atoms with Crippen molar-refractivity contribution in [3.8, 4) is 17.4 Å². The van der Waals surface area contributed by atoms with Crippen LogP contribution in [-0.4, -0.2) is 28.6 Å². The summed E-state index contributed by atoms with van der Waals surface area (Å²) < 4.78 is 31.2. The molecule has 0 atom stereocenters. The van der Waals surface area contributed by atoms with Gasteiger partial charge in [0.05, 0.1) is 7.11 Å². The van der Waals surface area contributed by atoms with Gasteiger partial charge in [0.15, 0.2) is 17.5 Å². The maximum absolute atomic E-state index is 13.3. The van der Waals surface area contributed by atoms with E-state index in [9.17, 15) is 8.78 Å². The highest BCUT2D eigenvalue weighted by Gasteiger charge is 2.11. The van der Waals surface area contributed by atoms with Crippen molar-refractivity contribution in [2.24, 2.45) is 0 Å². The van der Waals surface area contributed by atoms with Crippen LogP contribution in [-0.2, 0) is 0 Å². The van der Waals surface area contributed by atoms with E-state index in [4.69, 9.17) is 4.74 Å². The summed E-state index contributed by atoms with van der Waals surface area (Å²) in [4.78, 5) is 12.2. The third-order valence-electron chi connectivity index (χ3n) is 2.51. The molecular weight excluding hydrogens is 266 g/mol. The number of aromatic nitrogens is 3. The topological polar surface area (TPSA) is 59.9 Å². The molecule has 0 amide bonds. The summed E-state index contributed by atoms with van der Waals surface area (Å²) in [6.07, 6.45) is 0.897. The first-order valence-electron chi connectivity index (χ1n) is 6.13. The molecule has 1 aromatic heterocycles. The fourth-order valence-corrected chi connectivity index (χ4v) is 1.53. The molecule has 106 valence electrons. The maximum Gasteiger partial charge on any atom is 0.321 e. The van der Waals surface area contributed by atoms with E-state index < -0.39 is 11.6 Å². The molecule has 20 heavy (non-hydrogen) atoms. The highest BCUT2D eigenvalue weighted by molar-refractivity contribution is 5.56. The number of nitrogens with one attached hydrogen (secondary N) is 1. The summed E-state index contributed by atoms with van der Waals surface area (Å²) in [5, 5.41) is 3.00. The number of rotatable bonds is 5. The fraction of sp³-hybridized carbons (Fsp3) is 0.308. The third-order valence-corrected chi connectivity index (χ3v) is 2.51. The van der Waals surface area contributed by atoms with Gasteiger partial charge in [-0.1, -0.05) is 6.92 Å². The van der Waals surface area contributed by atoms with E-state index in [0.717, 1.165) is 18.6 Å². The lowest BCUT2D eigenvalue weighted by Crippen LogP contribution is -2.07. The van der Waals surface area contributed by atoms with Crippen molar-refractivity contribution >= 4 is 5.95 Å². The van der Waals surface area contributed by atoms with Gasteiger partial charge >= 0.3 is 6.01 Å². The molecule has 0 fully saturated rings. The number of ether oxygens (including phenoxy) is 1. The second-order valence-corrected chi connectivity index (χ2v) is 4.02. The largest absolute Gasteiger partial charge is 0.467 e. The van der Waals surface area contributed by atoms with Crippen LogP contribution < -0.4 is 10.1 Å². The van der Waals surface area contributed by atoms with Crippen molar-refractivity contribution in [3.05, 3.63) is 29.8 Å². The predicted octanol–water partition coefficient (Wildman–Crippen LogP) is 2.65. The predicted molar refractivity (Wildman–Crippen MR) is 70.5 cm³/mol. The molecule has 0 radical (unpaired) electrons. The zero-order chi connectivity index (χ0) is 14.5. The Morgan fingerprint density at radius 3 is 2.60 bits per heavy atom. The zero-order valence-electron chi connectivity index (χ0n) is 11.2. The molecule has 7 heteroatoms. The first-order valence-corrected chi connectivity index (χ1v) is 6.13. The van der Waals surface area contributed by atoms with Gasteiger partial charge in [0.1, 0.15) is 0 Å². The van der Waals surface area contributed by atoms with Crippen molar-refractivity contribution in [1.29, 1.82) is 0 Å². The number of anilines is 1. The smallest absolute Gasteiger partial charge is 0.321 e. The molecule has 2 aromatic rings. The number of hydrogen-bond acceptors (Lipinski definition) is 5. The number of benzene rings is 1. The Morgan fingerprint density at radius 1 is 1.15 bits per heavy atom. The van der Waals surface area contributed by atoms with E-state index in [1.807, 2.05) is 6.92 Å². The van der Waals surface area contributed by atoms with Gasteiger partial charge in [-0.2, -0.15) is 15.0 Å². The van der Waals surface area contributed by atoms with Gasteiger partial charge in [-0.05, 0) is 24.6 Å². The molecule has 0 unspecified atom stereocenters. The lowest BCUT2D eigenvalue weighted by Gasteiger charge is -2.07. The fourth-order valence-electron chi connectivity index (χ4n) is 1.53. The minimum Gasteiger partial charge on any atom is -0.467 e. The van der Waals surface area contributed by atoms with Gasteiger partial charge < -0.3 is 10.1 Å². The van der Waals surface area contributed by atoms with Gasteiger partial charge in [-0.3, -0.25) is 0 Å². The number of methoxy groups -OCH3 is 1. The van der Waals surface area contributed by atoms with Crippen molar-refractivity contribution in [2.75, 3.05) is 19.0 Å². The number of halogens is 2. The van der Waals surface area contributed by atoms with Gasteiger partial charge in [0.25, 0.3) is 0 Å². The summed E-state index contributed by atoms with van der Waals surface area (Å²) >= 11 is 0. The second-order valence-electron chi connectivity index (χ2n) is 4.02. The number of hydrogen-bond donors (Lipinski definition) is 1. The molecule has 1 heterocycles. The van der Waals surface area contributed by atoms with Gasteiger partial charge in [-0.25, -0.2) is 8.78 Å². The van der Waals surface area contributed by atoms with Crippen LogP contribution in [0.25, 0.3) is 11.4 Å². The zero-order valence-corrected chi connectivity index (χ0v) is 11.2. The molecule has 5 nitrogen and oxygen atoms in total. The Balaban J connectivity index is 2.41. The van der Waals surface area contributed by atoms with Crippen LogP contribution >= 0.6 is 0 Å². The lowest BCUT2D eigenvalue weighted by atomic mass is 10.2. The molecule has 0 bridgehead atoms. The minimum absolute atomic E-state index is 0.110. The van der Waals surface area contributed by atoms with Gasteiger partial charge in [-0.15, -0.1) is 0 Å². The Hall–Kier alpha value is -2.31.